The zero-order valence-corrected chi connectivity index (χ0v) is 15.1. The maximum absolute atomic E-state index is 12.6. The molecule has 0 saturated heterocycles. The van der Waals surface area contributed by atoms with Crippen LogP contribution in [0.25, 0.3) is 0 Å². The molecule has 2 aromatic rings. The van der Waals surface area contributed by atoms with Gasteiger partial charge in [0.15, 0.2) is 0 Å². The van der Waals surface area contributed by atoms with Gasteiger partial charge in [0.1, 0.15) is 0 Å². The lowest BCUT2D eigenvalue weighted by Crippen LogP contribution is -2.40. The topological polar surface area (TPSA) is 83.7 Å². The van der Waals surface area contributed by atoms with Gasteiger partial charge in [-0.25, -0.2) is 0 Å². The molecule has 1 aliphatic heterocycles. The molecule has 0 saturated carbocycles. The molecular formula is C21H23N3O3. The van der Waals surface area contributed by atoms with Gasteiger partial charge in [-0.2, -0.15) is 0 Å². The molecule has 0 unspecified atom stereocenters. The molecular weight excluding hydrogens is 342 g/mol. The first-order valence-corrected chi connectivity index (χ1v) is 9.09. The molecule has 3 amide bonds. The lowest BCUT2D eigenvalue weighted by molar-refractivity contribution is -0.131. The maximum Gasteiger partial charge on any atom is 0.261 e. The number of benzene rings is 2. The average molecular weight is 365 g/mol. The van der Waals surface area contributed by atoms with E-state index in [4.69, 9.17) is 5.73 Å². The first kappa shape index (κ1) is 18.8. The van der Waals surface area contributed by atoms with Crippen molar-refractivity contribution in [2.24, 2.45) is 5.73 Å². The summed E-state index contributed by atoms with van der Waals surface area (Å²) in [6.07, 6.45) is 0.833. The molecule has 0 radical (unpaired) electrons. The number of hydrogen-bond donors (Lipinski definition) is 1. The Balaban J connectivity index is 1.58. The molecule has 1 aliphatic rings. The number of nitrogens with two attached hydrogens (primary N) is 1. The number of carbonyl (C=O) groups is 3. The highest BCUT2D eigenvalue weighted by Gasteiger charge is 2.35. The Kier molecular flexibility index (Phi) is 5.98. The summed E-state index contributed by atoms with van der Waals surface area (Å²) in [4.78, 5) is 40.2. The van der Waals surface area contributed by atoms with Crippen molar-refractivity contribution in [3.8, 4) is 0 Å². The molecule has 6 heteroatoms. The first-order valence-electron chi connectivity index (χ1n) is 9.09. The number of imide groups is 1. The summed E-state index contributed by atoms with van der Waals surface area (Å²) in [7, 11) is 0. The molecule has 3 rings (SSSR count). The summed E-state index contributed by atoms with van der Waals surface area (Å²) in [5.74, 6) is -0.774. The van der Waals surface area contributed by atoms with Crippen molar-refractivity contribution in [2.45, 2.75) is 12.8 Å². The zero-order valence-electron chi connectivity index (χ0n) is 15.1. The second kappa shape index (κ2) is 8.60. The van der Waals surface area contributed by atoms with Gasteiger partial charge in [-0.15, -0.1) is 0 Å². The largest absolute Gasteiger partial charge is 0.341 e. The Morgan fingerprint density at radius 1 is 0.889 bits per heavy atom. The monoisotopic (exact) mass is 365 g/mol. The number of rotatable bonds is 8. The Bertz CT molecular complexity index is 801. The predicted octanol–water partition coefficient (Wildman–Crippen LogP) is 1.70. The van der Waals surface area contributed by atoms with Crippen LogP contribution in [0.3, 0.4) is 0 Å². The van der Waals surface area contributed by atoms with Gasteiger partial charge < -0.3 is 10.6 Å². The van der Waals surface area contributed by atoms with Crippen LogP contribution in [0.4, 0.5) is 0 Å². The van der Waals surface area contributed by atoms with E-state index in [9.17, 15) is 14.4 Å². The Morgan fingerprint density at radius 3 is 2.07 bits per heavy atom. The smallest absolute Gasteiger partial charge is 0.261 e. The number of carbonyl (C=O) groups excluding carboxylic acids is 3. The van der Waals surface area contributed by atoms with E-state index in [1.54, 1.807) is 29.2 Å². The van der Waals surface area contributed by atoms with Crippen molar-refractivity contribution in [2.75, 3.05) is 26.2 Å². The van der Waals surface area contributed by atoms with E-state index < -0.39 is 0 Å². The van der Waals surface area contributed by atoms with Gasteiger partial charge in [0.2, 0.25) is 5.91 Å². The first-order chi connectivity index (χ1) is 13.1. The minimum absolute atomic E-state index is 0.0809. The van der Waals surface area contributed by atoms with E-state index in [0.29, 0.717) is 30.8 Å². The van der Waals surface area contributed by atoms with Gasteiger partial charge in [-0.3, -0.25) is 19.3 Å². The van der Waals surface area contributed by atoms with Crippen LogP contribution >= 0.6 is 0 Å². The molecule has 140 valence electrons. The van der Waals surface area contributed by atoms with Gasteiger partial charge >= 0.3 is 0 Å². The van der Waals surface area contributed by atoms with Crippen molar-refractivity contribution < 1.29 is 14.4 Å². The summed E-state index contributed by atoms with van der Waals surface area (Å²) in [6, 6.07) is 16.6. The number of hydrogen-bond acceptors (Lipinski definition) is 4. The van der Waals surface area contributed by atoms with Gasteiger partial charge in [0, 0.05) is 32.6 Å². The Labute approximate surface area is 158 Å². The molecule has 0 bridgehead atoms. The maximum atomic E-state index is 12.6. The summed E-state index contributed by atoms with van der Waals surface area (Å²) < 4.78 is 0. The van der Waals surface area contributed by atoms with Gasteiger partial charge in [0.05, 0.1) is 11.1 Å². The van der Waals surface area contributed by atoms with Crippen molar-refractivity contribution in [3.05, 3.63) is 71.3 Å². The molecule has 0 spiro atoms. The molecule has 6 nitrogen and oxygen atoms in total. The van der Waals surface area contributed by atoms with Crippen LogP contribution in [-0.2, 0) is 11.2 Å². The van der Waals surface area contributed by atoms with Crippen molar-refractivity contribution in [3.63, 3.8) is 0 Å². The fourth-order valence-corrected chi connectivity index (χ4v) is 3.23. The van der Waals surface area contributed by atoms with Crippen molar-refractivity contribution in [1.29, 1.82) is 0 Å². The molecule has 2 N–H and O–H groups in total. The fourth-order valence-electron chi connectivity index (χ4n) is 3.23. The lowest BCUT2D eigenvalue weighted by atomic mass is 10.1. The third-order valence-electron chi connectivity index (χ3n) is 4.69. The zero-order chi connectivity index (χ0) is 19.2. The molecule has 0 aliphatic carbocycles. The van der Waals surface area contributed by atoms with E-state index in [1.807, 2.05) is 30.3 Å². The highest BCUT2D eigenvalue weighted by Crippen LogP contribution is 2.22. The quantitative estimate of drug-likeness (QED) is 0.722. The molecule has 0 aromatic heterocycles. The summed E-state index contributed by atoms with van der Waals surface area (Å²) in [6.45, 7) is 1.46. The Hall–Kier alpha value is -2.99. The molecule has 0 atom stereocenters. The highest BCUT2D eigenvalue weighted by molar-refractivity contribution is 6.21. The van der Waals surface area contributed by atoms with Crippen LogP contribution in [0.1, 0.15) is 32.7 Å². The average Bonchev–Trinajstić information content (AvgIpc) is 2.94. The molecule has 1 heterocycles. The van der Waals surface area contributed by atoms with Crippen LogP contribution < -0.4 is 5.73 Å². The second-order valence-corrected chi connectivity index (χ2v) is 6.46. The minimum atomic E-state index is -0.335. The van der Waals surface area contributed by atoms with Crippen molar-refractivity contribution >= 4 is 17.7 Å². The van der Waals surface area contributed by atoms with E-state index in [2.05, 4.69) is 0 Å². The second-order valence-electron chi connectivity index (χ2n) is 6.46. The molecule has 0 fully saturated rings. The van der Waals surface area contributed by atoms with Gasteiger partial charge in [0.25, 0.3) is 11.8 Å². The fraction of sp³-hybridized carbons (Fsp3) is 0.286. The van der Waals surface area contributed by atoms with E-state index >= 15 is 0 Å². The summed E-state index contributed by atoms with van der Waals surface area (Å²) in [5.41, 5.74) is 7.59. The van der Waals surface area contributed by atoms with Crippen LogP contribution in [0.15, 0.2) is 54.6 Å². The van der Waals surface area contributed by atoms with Crippen LogP contribution in [0.5, 0.6) is 0 Å². The number of nitrogens with zero attached hydrogens (tertiary/aromatic N) is 2. The SMILES string of the molecule is NCCN(CCc1ccccc1)C(=O)CCN1C(=O)c2ccccc2C1=O. The Morgan fingerprint density at radius 2 is 1.48 bits per heavy atom. The number of fused-ring (bicyclic) bond motifs is 1. The lowest BCUT2D eigenvalue weighted by Gasteiger charge is -2.23. The van der Waals surface area contributed by atoms with Crippen molar-refractivity contribution in [1.82, 2.24) is 9.80 Å². The van der Waals surface area contributed by atoms with E-state index in [0.717, 1.165) is 16.9 Å². The summed E-state index contributed by atoms with van der Waals surface area (Å²) >= 11 is 0. The van der Waals surface area contributed by atoms with E-state index in [1.165, 1.54) is 0 Å². The molecule has 2 aromatic carbocycles. The third-order valence-corrected chi connectivity index (χ3v) is 4.69. The minimum Gasteiger partial charge on any atom is -0.341 e. The van der Waals surface area contributed by atoms with Crippen LogP contribution in [0.2, 0.25) is 0 Å². The van der Waals surface area contributed by atoms with Gasteiger partial charge in [-0.1, -0.05) is 42.5 Å². The standard InChI is InChI=1S/C21H23N3O3/c22-12-15-23(13-10-16-6-2-1-3-7-16)19(25)11-14-24-20(26)17-8-4-5-9-18(17)21(24)27/h1-9H,10-15,22H2. The van der Waals surface area contributed by atoms with E-state index in [-0.39, 0.29) is 30.7 Å². The van der Waals surface area contributed by atoms with Crippen LogP contribution in [-0.4, -0.2) is 53.7 Å². The van der Waals surface area contributed by atoms with Gasteiger partial charge in [-0.05, 0) is 24.1 Å². The van der Waals surface area contributed by atoms with Crippen LogP contribution in [0, 0.1) is 0 Å². The predicted molar refractivity (Wildman–Crippen MR) is 102 cm³/mol. The molecule has 27 heavy (non-hydrogen) atoms. The highest BCUT2D eigenvalue weighted by atomic mass is 16.2. The third kappa shape index (κ3) is 4.23. The normalized spacial score (nSPS) is 13.0. The summed E-state index contributed by atoms with van der Waals surface area (Å²) in [5, 5.41) is 0. The number of amides is 3.